The van der Waals surface area contributed by atoms with Crippen LogP contribution in [0.2, 0.25) is 0 Å². The van der Waals surface area contributed by atoms with Crippen LogP contribution >= 0.6 is 0 Å². The molecule has 0 saturated carbocycles. The van der Waals surface area contributed by atoms with E-state index in [0.29, 0.717) is 29.6 Å². The zero-order valence-electron chi connectivity index (χ0n) is 19.2. The average Bonchev–Trinajstić information content (AvgIpc) is 2.85. The topological polar surface area (TPSA) is 76.6 Å². The number of benzene rings is 2. The number of rotatable bonds is 8. The molecule has 1 aromatic heterocycles. The number of hydrogen-bond acceptors (Lipinski definition) is 6. The Morgan fingerprint density at radius 2 is 1.91 bits per heavy atom. The van der Waals surface area contributed by atoms with Crippen molar-refractivity contribution in [1.82, 2.24) is 20.2 Å². The number of morpholine rings is 1. The van der Waals surface area contributed by atoms with Gasteiger partial charge < -0.3 is 14.8 Å². The van der Waals surface area contributed by atoms with Gasteiger partial charge in [-0.05, 0) is 23.6 Å². The van der Waals surface area contributed by atoms with Crippen molar-refractivity contribution in [2.75, 3.05) is 39.4 Å². The number of nitrogens with zero attached hydrogens (tertiary/aromatic N) is 3. The Morgan fingerprint density at radius 3 is 2.67 bits per heavy atom. The van der Waals surface area contributed by atoms with E-state index in [1.165, 1.54) is 0 Å². The smallest absolute Gasteiger partial charge is 0.258 e. The molecule has 1 fully saturated rings. The zero-order valence-corrected chi connectivity index (χ0v) is 19.2. The van der Waals surface area contributed by atoms with Crippen LogP contribution in [0, 0.1) is 0 Å². The predicted molar refractivity (Wildman–Crippen MR) is 128 cm³/mol. The van der Waals surface area contributed by atoms with Gasteiger partial charge >= 0.3 is 0 Å². The third-order valence-corrected chi connectivity index (χ3v) is 5.59. The molecule has 3 aromatic rings. The average molecular weight is 447 g/mol. The molecule has 1 N–H and O–H groups in total. The number of carbonyl (C=O) groups excluding carboxylic acids is 1. The molecule has 0 unspecified atom stereocenters. The lowest BCUT2D eigenvalue weighted by atomic mass is 10.0. The van der Waals surface area contributed by atoms with Gasteiger partial charge in [-0.15, -0.1) is 0 Å². The zero-order chi connectivity index (χ0) is 23.0. The van der Waals surface area contributed by atoms with Crippen molar-refractivity contribution < 1.29 is 14.3 Å². The van der Waals surface area contributed by atoms with Crippen LogP contribution < -0.4 is 10.1 Å². The highest BCUT2D eigenvalue weighted by Crippen LogP contribution is 2.28. The van der Waals surface area contributed by atoms with E-state index in [1.54, 1.807) is 6.20 Å². The first-order valence-electron chi connectivity index (χ1n) is 11.4. The number of aromatic nitrogens is 2. The Balaban J connectivity index is 1.55. The fourth-order valence-electron chi connectivity index (χ4n) is 3.62. The van der Waals surface area contributed by atoms with Gasteiger partial charge in [0.25, 0.3) is 5.91 Å². The molecule has 7 heteroatoms. The third kappa shape index (κ3) is 6.15. The maximum Gasteiger partial charge on any atom is 0.258 e. The van der Waals surface area contributed by atoms with E-state index in [9.17, 15) is 4.79 Å². The van der Waals surface area contributed by atoms with Crippen molar-refractivity contribution in [2.45, 2.75) is 19.8 Å². The molecule has 1 saturated heterocycles. The van der Waals surface area contributed by atoms with Crippen molar-refractivity contribution in [1.29, 1.82) is 0 Å². The summed E-state index contributed by atoms with van der Waals surface area (Å²) < 4.78 is 11.5. The second-order valence-electron chi connectivity index (χ2n) is 8.32. The second-order valence-corrected chi connectivity index (χ2v) is 8.32. The summed E-state index contributed by atoms with van der Waals surface area (Å²) >= 11 is 0. The Hall–Kier alpha value is -3.29. The van der Waals surface area contributed by atoms with Gasteiger partial charge in [-0.1, -0.05) is 56.3 Å². The minimum atomic E-state index is -0.252. The summed E-state index contributed by atoms with van der Waals surface area (Å²) in [6.45, 7) is 8.78. The van der Waals surface area contributed by atoms with Gasteiger partial charge in [0.15, 0.2) is 5.82 Å². The fourth-order valence-corrected chi connectivity index (χ4v) is 3.62. The highest BCUT2D eigenvalue weighted by atomic mass is 16.5. The van der Waals surface area contributed by atoms with Crippen LogP contribution in [0.3, 0.4) is 0 Å². The lowest BCUT2D eigenvalue weighted by Gasteiger charge is -2.26. The van der Waals surface area contributed by atoms with Crippen molar-refractivity contribution in [2.24, 2.45) is 0 Å². The van der Waals surface area contributed by atoms with E-state index in [-0.39, 0.29) is 11.8 Å². The molecule has 33 heavy (non-hydrogen) atoms. The van der Waals surface area contributed by atoms with Crippen LogP contribution in [-0.4, -0.2) is 60.2 Å². The first-order valence-corrected chi connectivity index (χ1v) is 11.4. The van der Waals surface area contributed by atoms with Crippen LogP contribution in [0.4, 0.5) is 0 Å². The third-order valence-electron chi connectivity index (χ3n) is 5.59. The van der Waals surface area contributed by atoms with E-state index < -0.39 is 0 Å². The minimum Gasteiger partial charge on any atom is -0.438 e. The molecule has 0 aliphatic carbocycles. The SMILES string of the molecule is CC(C)c1cccc(Oc2nc(-c3ccccc3)ncc2C(=O)NCCN2CCOCC2)c1. The van der Waals surface area contributed by atoms with Crippen molar-refractivity contribution in [3.63, 3.8) is 0 Å². The van der Waals surface area contributed by atoms with Crippen molar-refractivity contribution in [3.8, 4) is 23.0 Å². The highest BCUT2D eigenvalue weighted by molar-refractivity contribution is 5.96. The minimum absolute atomic E-state index is 0.244. The molecule has 2 aromatic carbocycles. The van der Waals surface area contributed by atoms with Crippen LogP contribution in [0.25, 0.3) is 11.4 Å². The monoisotopic (exact) mass is 446 g/mol. The number of carbonyl (C=O) groups is 1. The molecule has 0 radical (unpaired) electrons. The summed E-state index contributed by atoms with van der Waals surface area (Å²) in [4.78, 5) is 24.3. The molecule has 0 spiro atoms. The lowest BCUT2D eigenvalue weighted by molar-refractivity contribution is 0.0383. The first-order chi connectivity index (χ1) is 16.1. The normalized spacial score (nSPS) is 14.3. The molecule has 1 amide bonds. The standard InChI is InChI=1S/C26H30N4O3/c1-19(2)21-9-6-10-22(17-21)33-26-23(18-28-24(29-26)20-7-4-3-5-8-20)25(31)27-11-12-30-13-15-32-16-14-30/h3-10,17-19H,11-16H2,1-2H3,(H,27,31). The van der Waals surface area contributed by atoms with Gasteiger partial charge in [0.2, 0.25) is 5.88 Å². The van der Waals surface area contributed by atoms with Crippen LogP contribution in [-0.2, 0) is 4.74 Å². The predicted octanol–water partition coefficient (Wildman–Crippen LogP) is 4.12. The van der Waals surface area contributed by atoms with E-state index in [0.717, 1.165) is 44.0 Å². The number of hydrogen-bond donors (Lipinski definition) is 1. The summed E-state index contributed by atoms with van der Waals surface area (Å²) in [5.74, 6) is 1.50. The first kappa shape index (κ1) is 22.9. The van der Waals surface area contributed by atoms with E-state index in [2.05, 4.69) is 40.1 Å². The number of amides is 1. The van der Waals surface area contributed by atoms with E-state index >= 15 is 0 Å². The quantitative estimate of drug-likeness (QED) is 0.561. The Morgan fingerprint density at radius 1 is 1.12 bits per heavy atom. The fraction of sp³-hybridized carbons (Fsp3) is 0.346. The molecule has 2 heterocycles. The summed E-state index contributed by atoms with van der Waals surface area (Å²) in [7, 11) is 0. The largest absolute Gasteiger partial charge is 0.438 e. The summed E-state index contributed by atoms with van der Waals surface area (Å²) in [6.07, 6.45) is 1.54. The van der Waals surface area contributed by atoms with Gasteiger partial charge in [-0.3, -0.25) is 9.69 Å². The number of ether oxygens (including phenoxy) is 2. The molecule has 1 aliphatic rings. The second kappa shape index (κ2) is 11.0. The molecule has 1 aliphatic heterocycles. The lowest BCUT2D eigenvalue weighted by Crippen LogP contribution is -2.41. The molecular formula is C26H30N4O3. The molecule has 0 bridgehead atoms. The highest BCUT2D eigenvalue weighted by Gasteiger charge is 2.19. The maximum absolute atomic E-state index is 13.0. The van der Waals surface area contributed by atoms with Gasteiger partial charge in [0.05, 0.1) is 13.2 Å². The van der Waals surface area contributed by atoms with Gasteiger partial charge in [0, 0.05) is 37.9 Å². The molecular weight excluding hydrogens is 416 g/mol. The summed E-state index contributed by atoms with van der Waals surface area (Å²) in [5.41, 5.74) is 2.32. The molecule has 0 atom stereocenters. The Labute approximate surface area is 194 Å². The van der Waals surface area contributed by atoms with Gasteiger partial charge in [0.1, 0.15) is 11.3 Å². The van der Waals surface area contributed by atoms with Gasteiger partial charge in [-0.2, -0.15) is 4.98 Å². The Kier molecular flexibility index (Phi) is 7.65. The van der Waals surface area contributed by atoms with Crippen LogP contribution in [0.15, 0.2) is 60.8 Å². The summed E-state index contributed by atoms with van der Waals surface area (Å²) in [5, 5.41) is 2.98. The van der Waals surface area contributed by atoms with Crippen molar-refractivity contribution >= 4 is 5.91 Å². The van der Waals surface area contributed by atoms with Crippen molar-refractivity contribution in [3.05, 3.63) is 71.9 Å². The number of nitrogens with one attached hydrogen (secondary N) is 1. The van der Waals surface area contributed by atoms with Crippen LogP contribution in [0.5, 0.6) is 11.6 Å². The summed E-state index contributed by atoms with van der Waals surface area (Å²) in [6, 6.07) is 17.5. The maximum atomic E-state index is 13.0. The van der Waals surface area contributed by atoms with Crippen LogP contribution in [0.1, 0.15) is 35.7 Å². The molecule has 172 valence electrons. The van der Waals surface area contributed by atoms with E-state index in [4.69, 9.17) is 9.47 Å². The molecule has 7 nitrogen and oxygen atoms in total. The van der Waals surface area contributed by atoms with E-state index in [1.807, 2.05) is 48.5 Å². The van der Waals surface area contributed by atoms with Gasteiger partial charge in [-0.25, -0.2) is 4.98 Å². The Bertz CT molecular complexity index is 1070. The molecule has 4 rings (SSSR count).